The van der Waals surface area contributed by atoms with Gasteiger partial charge in [-0.1, -0.05) is 24.1 Å². The molecule has 2 aromatic carbocycles. The third-order valence-corrected chi connectivity index (χ3v) is 6.64. The highest BCUT2D eigenvalue weighted by Gasteiger charge is 2.38. The van der Waals surface area contributed by atoms with E-state index in [2.05, 4.69) is 33.1 Å². The van der Waals surface area contributed by atoms with Crippen molar-refractivity contribution in [1.82, 2.24) is 24.4 Å². The third-order valence-electron chi connectivity index (χ3n) is 6.64. The summed E-state index contributed by atoms with van der Waals surface area (Å²) in [5.41, 5.74) is 1.26. The molecule has 1 aliphatic heterocycles. The Morgan fingerprint density at radius 2 is 1.70 bits per heavy atom. The molecule has 3 heterocycles. The van der Waals surface area contributed by atoms with E-state index in [9.17, 15) is 33.1 Å². The van der Waals surface area contributed by atoms with Crippen molar-refractivity contribution in [2.45, 2.75) is 26.2 Å². The maximum absolute atomic E-state index is 14.1. The summed E-state index contributed by atoms with van der Waals surface area (Å²) in [5, 5.41) is 29.3. The van der Waals surface area contributed by atoms with Crippen molar-refractivity contribution in [3.63, 3.8) is 0 Å². The van der Waals surface area contributed by atoms with Crippen LogP contribution in [0.2, 0.25) is 0 Å². The van der Waals surface area contributed by atoms with Crippen LogP contribution in [0.1, 0.15) is 28.4 Å². The Bertz CT molecular complexity index is 1910. The number of carboxylic acids is 2. The average molecular weight is 638 g/mol. The number of hydrogen-bond donors (Lipinski definition) is 3. The highest BCUT2D eigenvalue weighted by Crippen LogP contribution is 2.26. The molecular formula is C30H26F3N7O6. The molecule has 0 amide bonds. The minimum atomic E-state index is -5.08. The number of aromatic carboxylic acids is 1. The van der Waals surface area contributed by atoms with Gasteiger partial charge >= 0.3 is 24.1 Å². The summed E-state index contributed by atoms with van der Waals surface area (Å²) >= 11 is 0. The van der Waals surface area contributed by atoms with Gasteiger partial charge in [0.25, 0.3) is 5.56 Å². The van der Waals surface area contributed by atoms with Gasteiger partial charge in [0, 0.05) is 26.2 Å². The lowest BCUT2D eigenvalue weighted by Crippen LogP contribution is -2.44. The summed E-state index contributed by atoms with van der Waals surface area (Å²) in [6.07, 6.45) is -5.08. The maximum atomic E-state index is 14.1. The zero-order chi connectivity index (χ0) is 33.4. The van der Waals surface area contributed by atoms with Crippen LogP contribution in [-0.2, 0) is 17.9 Å². The van der Waals surface area contributed by atoms with Gasteiger partial charge in [-0.2, -0.15) is 28.4 Å². The molecule has 3 N–H and O–H groups in total. The number of aliphatic carboxylic acids is 1. The van der Waals surface area contributed by atoms with E-state index in [1.165, 1.54) is 28.8 Å². The first kappa shape index (κ1) is 33.0. The molecule has 16 heteroatoms. The lowest BCUT2D eigenvalue weighted by Gasteiger charge is -2.28. The summed E-state index contributed by atoms with van der Waals surface area (Å²) < 4.78 is 40.9. The van der Waals surface area contributed by atoms with Gasteiger partial charge in [-0.25, -0.2) is 9.59 Å². The maximum Gasteiger partial charge on any atom is 0.490 e. The Morgan fingerprint density at radius 1 is 1.04 bits per heavy atom. The number of ether oxygens (including phenoxy) is 1. The van der Waals surface area contributed by atoms with Gasteiger partial charge < -0.3 is 25.2 Å². The fourth-order valence-electron chi connectivity index (χ4n) is 4.42. The number of anilines is 1. The molecule has 0 radical (unpaired) electrons. The monoisotopic (exact) mass is 637 g/mol. The number of piperazine rings is 1. The number of alkyl halides is 3. The van der Waals surface area contributed by atoms with Crippen LogP contribution in [-0.4, -0.2) is 73.6 Å². The van der Waals surface area contributed by atoms with Crippen LogP contribution in [0.15, 0.2) is 53.3 Å². The highest BCUT2D eigenvalue weighted by atomic mass is 19.4. The van der Waals surface area contributed by atoms with E-state index in [4.69, 9.17) is 19.6 Å². The van der Waals surface area contributed by atoms with Gasteiger partial charge in [0.15, 0.2) is 11.2 Å². The zero-order valence-electron chi connectivity index (χ0n) is 24.2. The number of carboxylic acid groups (broad SMARTS) is 2. The van der Waals surface area contributed by atoms with E-state index < -0.39 is 23.7 Å². The van der Waals surface area contributed by atoms with Crippen molar-refractivity contribution in [2.75, 3.05) is 31.1 Å². The van der Waals surface area contributed by atoms with E-state index in [0.29, 0.717) is 35.9 Å². The lowest BCUT2D eigenvalue weighted by atomic mass is 10.1. The Labute approximate surface area is 259 Å². The zero-order valence-corrected chi connectivity index (χ0v) is 24.2. The number of aromatic nitrogens is 4. The predicted molar refractivity (Wildman–Crippen MR) is 158 cm³/mol. The third kappa shape index (κ3) is 7.61. The van der Waals surface area contributed by atoms with Crippen molar-refractivity contribution in [2.24, 2.45) is 0 Å². The van der Waals surface area contributed by atoms with Crippen LogP contribution in [0, 0.1) is 23.2 Å². The van der Waals surface area contributed by atoms with Crippen LogP contribution in [0.4, 0.5) is 19.1 Å². The van der Waals surface area contributed by atoms with Crippen molar-refractivity contribution in [1.29, 1.82) is 5.26 Å². The van der Waals surface area contributed by atoms with Crippen molar-refractivity contribution in [3.8, 4) is 29.7 Å². The van der Waals surface area contributed by atoms with Crippen LogP contribution in [0.25, 0.3) is 11.2 Å². The first-order valence-corrected chi connectivity index (χ1v) is 13.6. The van der Waals surface area contributed by atoms with E-state index in [-0.39, 0.29) is 35.8 Å². The van der Waals surface area contributed by atoms with Gasteiger partial charge in [-0.15, -0.1) is 5.92 Å². The fourth-order valence-corrected chi connectivity index (χ4v) is 4.42. The predicted octanol–water partition coefficient (Wildman–Crippen LogP) is 3.07. The quantitative estimate of drug-likeness (QED) is 0.254. The molecule has 0 bridgehead atoms. The standard InChI is InChI=1S/C28H25N7O4.C2HF3O2/c1-2-3-14-34-23-24(31-27(34)33-15-12-30-13-16-33)32-28(39-22-10-8-19(9-11-22)26(37)38)35(25(23)36)18-21-7-5-4-6-20(21)17-29;3-2(4,5)1(6)7/h4-11,30H,12-16,18H2,1H3,(H,37,38);(H,6,7). The molecule has 0 spiro atoms. The van der Waals surface area contributed by atoms with Crippen molar-refractivity contribution >= 4 is 29.1 Å². The molecule has 1 aliphatic rings. The summed E-state index contributed by atoms with van der Waals surface area (Å²) in [6, 6.07) is 14.9. The van der Waals surface area contributed by atoms with Gasteiger partial charge in [0.2, 0.25) is 5.95 Å². The average Bonchev–Trinajstić information content (AvgIpc) is 3.41. The van der Waals surface area contributed by atoms with Crippen molar-refractivity contribution in [3.05, 3.63) is 75.6 Å². The van der Waals surface area contributed by atoms with E-state index in [1.54, 1.807) is 35.8 Å². The van der Waals surface area contributed by atoms with Crippen LogP contribution >= 0.6 is 0 Å². The van der Waals surface area contributed by atoms with Gasteiger partial charge in [-0.3, -0.25) is 13.9 Å². The Kier molecular flexibility index (Phi) is 10.3. The molecule has 5 rings (SSSR count). The number of nitrogens with one attached hydrogen (secondary N) is 1. The first-order chi connectivity index (χ1) is 21.9. The molecule has 2 aromatic heterocycles. The second kappa shape index (κ2) is 14.3. The molecule has 1 fully saturated rings. The summed E-state index contributed by atoms with van der Waals surface area (Å²) in [7, 11) is 0. The molecule has 0 aliphatic carbocycles. The fraction of sp³-hybridized carbons (Fsp3) is 0.267. The molecular weight excluding hydrogens is 611 g/mol. The Hall–Kier alpha value is -5.87. The topological polar surface area (TPSA) is 176 Å². The minimum absolute atomic E-state index is 0.0265. The SMILES string of the molecule is CC#CCn1c(N2CCNCC2)nc2nc(Oc3ccc(C(=O)O)cc3)n(Cc3ccccc3C#N)c(=O)c21.O=C(O)C(F)(F)F. The second-order valence-electron chi connectivity index (χ2n) is 9.62. The number of halogens is 3. The van der Waals surface area contributed by atoms with E-state index in [0.717, 1.165) is 13.1 Å². The number of imidazole rings is 1. The smallest absolute Gasteiger partial charge is 0.478 e. The molecule has 1 saturated heterocycles. The van der Waals surface area contributed by atoms with Crippen LogP contribution < -0.4 is 20.5 Å². The van der Waals surface area contributed by atoms with E-state index in [1.807, 2.05) is 0 Å². The van der Waals surface area contributed by atoms with E-state index >= 15 is 0 Å². The number of benzene rings is 2. The van der Waals surface area contributed by atoms with Gasteiger partial charge in [0.05, 0.1) is 30.3 Å². The number of rotatable bonds is 7. The molecule has 46 heavy (non-hydrogen) atoms. The second-order valence-corrected chi connectivity index (χ2v) is 9.62. The molecule has 0 saturated carbocycles. The lowest BCUT2D eigenvalue weighted by molar-refractivity contribution is -0.192. The van der Waals surface area contributed by atoms with Crippen LogP contribution in [0.5, 0.6) is 11.8 Å². The number of nitriles is 1. The Morgan fingerprint density at radius 3 is 2.28 bits per heavy atom. The van der Waals surface area contributed by atoms with Crippen LogP contribution in [0.3, 0.4) is 0 Å². The molecule has 238 valence electrons. The van der Waals surface area contributed by atoms with Gasteiger partial charge in [-0.05, 0) is 42.8 Å². The number of nitrogens with zero attached hydrogens (tertiary/aromatic N) is 6. The number of carbonyl (C=O) groups is 2. The van der Waals surface area contributed by atoms with Crippen molar-refractivity contribution < 1.29 is 37.7 Å². The van der Waals surface area contributed by atoms with Gasteiger partial charge in [0.1, 0.15) is 5.75 Å². The molecule has 0 unspecified atom stereocenters. The normalized spacial score (nSPS) is 12.7. The Balaban J connectivity index is 0.000000617. The molecule has 4 aromatic rings. The number of hydrogen-bond acceptors (Lipinski definition) is 9. The summed E-state index contributed by atoms with van der Waals surface area (Å²) in [4.78, 5) is 45.7. The minimum Gasteiger partial charge on any atom is -0.478 e. The highest BCUT2D eigenvalue weighted by molar-refractivity contribution is 5.87. The first-order valence-electron chi connectivity index (χ1n) is 13.6. The largest absolute Gasteiger partial charge is 0.490 e. The molecule has 13 nitrogen and oxygen atoms in total. The summed E-state index contributed by atoms with van der Waals surface area (Å²) in [5.74, 6) is 3.00. The number of fused-ring (bicyclic) bond motifs is 1. The summed E-state index contributed by atoms with van der Waals surface area (Å²) in [6.45, 7) is 5.02. The molecule has 0 atom stereocenters.